The average molecular weight is 246 g/mol. The van der Waals surface area contributed by atoms with E-state index < -0.39 is 15.1 Å². The second kappa shape index (κ2) is 5.30. The van der Waals surface area contributed by atoms with E-state index in [4.69, 9.17) is 0 Å². The van der Waals surface area contributed by atoms with Crippen LogP contribution in [0.25, 0.3) is 0 Å². The van der Waals surface area contributed by atoms with Crippen LogP contribution in [0, 0.1) is 5.92 Å². The lowest BCUT2D eigenvalue weighted by molar-refractivity contribution is -0.118. The van der Waals surface area contributed by atoms with E-state index in [1.165, 1.54) is 0 Å². The number of hydrogen-bond acceptors (Lipinski definition) is 3. The van der Waals surface area contributed by atoms with Crippen LogP contribution in [-0.4, -0.2) is 24.7 Å². The van der Waals surface area contributed by atoms with Gasteiger partial charge in [0.05, 0.1) is 5.25 Å². The largest absolute Gasteiger partial charge is 0.298 e. The van der Waals surface area contributed by atoms with Gasteiger partial charge in [0, 0.05) is 6.42 Å². The van der Waals surface area contributed by atoms with Gasteiger partial charge in [-0.15, -0.1) is 0 Å². The SMILES string of the molecule is CCC(=O)C(C)S(=O)(=O)C1CCCC(C)C1. The molecule has 16 heavy (non-hydrogen) atoms. The third-order valence-electron chi connectivity index (χ3n) is 3.65. The van der Waals surface area contributed by atoms with E-state index >= 15 is 0 Å². The van der Waals surface area contributed by atoms with Crippen LogP contribution in [0.15, 0.2) is 0 Å². The van der Waals surface area contributed by atoms with Gasteiger partial charge in [0.15, 0.2) is 9.84 Å². The van der Waals surface area contributed by atoms with Crippen molar-refractivity contribution in [2.24, 2.45) is 5.92 Å². The van der Waals surface area contributed by atoms with Crippen molar-refractivity contribution in [1.82, 2.24) is 0 Å². The molecule has 0 spiro atoms. The van der Waals surface area contributed by atoms with Gasteiger partial charge >= 0.3 is 0 Å². The van der Waals surface area contributed by atoms with Crippen molar-refractivity contribution in [1.29, 1.82) is 0 Å². The van der Waals surface area contributed by atoms with Crippen LogP contribution in [0.1, 0.15) is 52.9 Å². The Bertz CT molecular complexity index is 345. The number of carbonyl (C=O) groups excluding carboxylic acids is 1. The maximum Gasteiger partial charge on any atom is 0.162 e. The molecule has 0 aliphatic heterocycles. The first kappa shape index (κ1) is 13.7. The Morgan fingerprint density at radius 3 is 2.50 bits per heavy atom. The molecule has 1 rings (SSSR count). The molecule has 0 aromatic heterocycles. The lowest BCUT2D eigenvalue weighted by Crippen LogP contribution is -2.37. The zero-order valence-electron chi connectivity index (χ0n) is 10.4. The van der Waals surface area contributed by atoms with E-state index in [2.05, 4.69) is 6.92 Å². The van der Waals surface area contributed by atoms with Gasteiger partial charge in [-0.25, -0.2) is 8.42 Å². The fourth-order valence-electron chi connectivity index (χ4n) is 2.44. The third-order valence-corrected chi connectivity index (χ3v) is 6.25. The lowest BCUT2D eigenvalue weighted by Gasteiger charge is -2.28. The molecule has 0 aromatic carbocycles. The first-order chi connectivity index (χ1) is 7.39. The molecule has 0 saturated heterocycles. The Balaban J connectivity index is 2.80. The minimum absolute atomic E-state index is 0.154. The van der Waals surface area contributed by atoms with Gasteiger partial charge in [0.25, 0.3) is 0 Å². The molecule has 0 amide bonds. The molecule has 1 aliphatic carbocycles. The first-order valence-electron chi connectivity index (χ1n) is 6.15. The number of sulfone groups is 1. The van der Waals surface area contributed by atoms with Crippen LogP contribution < -0.4 is 0 Å². The quantitative estimate of drug-likeness (QED) is 0.765. The Hall–Kier alpha value is -0.380. The molecule has 0 N–H and O–H groups in total. The van der Waals surface area contributed by atoms with Crippen LogP contribution in [0.2, 0.25) is 0 Å². The molecule has 0 bridgehead atoms. The molecule has 0 radical (unpaired) electrons. The number of carbonyl (C=O) groups is 1. The molecule has 1 aliphatic rings. The maximum atomic E-state index is 12.2. The Morgan fingerprint density at radius 2 is 2.00 bits per heavy atom. The van der Waals surface area contributed by atoms with Crippen molar-refractivity contribution in [3.63, 3.8) is 0 Å². The van der Waals surface area contributed by atoms with Crippen molar-refractivity contribution in [2.75, 3.05) is 0 Å². The molecule has 0 aromatic rings. The van der Waals surface area contributed by atoms with E-state index in [0.717, 1.165) is 25.7 Å². The van der Waals surface area contributed by atoms with E-state index in [-0.39, 0.29) is 11.0 Å². The van der Waals surface area contributed by atoms with Crippen molar-refractivity contribution in [2.45, 2.75) is 63.4 Å². The molecule has 3 nitrogen and oxygen atoms in total. The van der Waals surface area contributed by atoms with Gasteiger partial charge in [-0.2, -0.15) is 0 Å². The Morgan fingerprint density at radius 1 is 1.38 bits per heavy atom. The summed E-state index contributed by atoms with van der Waals surface area (Å²) in [5.74, 6) is 0.315. The van der Waals surface area contributed by atoms with Gasteiger partial charge in [0.1, 0.15) is 11.0 Å². The zero-order chi connectivity index (χ0) is 12.3. The molecule has 94 valence electrons. The summed E-state index contributed by atoms with van der Waals surface area (Å²) in [4.78, 5) is 11.5. The summed E-state index contributed by atoms with van der Waals surface area (Å²) in [5, 5.41) is -1.10. The van der Waals surface area contributed by atoms with Gasteiger partial charge < -0.3 is 0 Å². The minimum Gasteiger partial charge on any atom is -0.298 e. The first-order valence-corrected chi connectivity index (χ1v) is 7.76. The van der Waals surface area contributed by atoms with Crippen LogP contribution in [0.4, 0.5) is 0 Å². The molecule has 1 fully saturated rings. The van der Waals surface area contributed by atoms with Crippen LogP contribution in [-0.2, 0) is 14.6 Å². The Labute approximate surface area is 98.5 Å². The topological polar surface area (TPSA) is 51.2 Å². The highest BCUT2D eigenvalue weighted by molar-refractivity contribution is 7.93. The molecule has 0 heterocycles. The van der Waals surface area contributed by atoms with E-state index in [1.54, 1.807) is 13.8 Å². The number of ketones is 1. The fraction of sp³-hybridized carbons (Fsp3) is 0.917. The van der Waals surface area contributed by atoms with Gasteiger partial charge in [-0.05, 0) is 25.7 Å². The van der Waals surface area contributed by atoms with E-state index in [9.17, 15) is 13.2 Å². The van der Waals surface area contributed by atoms with Gasteiger partial charge in [-0.1, -0.05) is 26.7 Å². The summed E-state index contributed by atoms with van der Waals surface area (Å²) in [7, 11) is -3.26. The third kappa shape index (κ3) is 2.84. The fourth-order valence-corrected chi connectivity index (χ4v) is 4.64. The van der Waals surface area contributed by atoms with Crippen molar-refractivity contribution < 1.29 is 13.2 Å². The normalized spacial score (nSPS) is 28.7. The highest BCUT2D eigenvalue weighted by atomic mass is 32.2. The minimum atomic E-state index is -3.26. The molecular weight excluding hydrogens is 224 g/mol. The lowest BCUT2D eigenvalue weighted by atomic mass is 9.91. The average Bonchev–Trinajstić information content (AvgIpc) is 2.27. The van der Waals surface area contributed by atoms with Crippen LogP contribution in [0.3, 0.4) is 0 Å². The molecule has 3 atom stereocenters. The smallest absolute Gasteiger partial charge is 0.162 e. The number of hydrogen-bond donors (Lipinski definition) is 0. The van der Waals surface area contributed by atoms with Crippen molar-refractivity contribution >= 4 is 15.6 Å². The molecular formula is C12H22O3S. The molecule has 4 heteroatoms. The second-order valence-electron chi connectivity index (χ2n) is 4.94. The second-order valence-corrected chi connectivity index (χ2v) is 7.50. The highest BCUT2D eigenvalue weighted by Gasteiger charge is 2.36. The van der Waals surface area contributed by atoms with Crippen molar-refractivity contribution in [3.8, 4) is 0 Å². The summed E-state index contributed by atoms with van der Waals surface area (Å²) < 4.78 is 24.4. The molecule has 1 saturated carbocycles. The van der Waals surface area contributed by atoms with Gasteiger partial charge in [-0.3, -0.25) is 4.79 Å². The standard InChI is InChI=1S/C12H22O3S/c1-4-12(13)10(3)16(14,15)11-7-5-6-9(2)8-11/h9-11H,4-8H2,1-3H3. The van der Waals surface area contributed by atoms with E-state index in [0.29, 0.717) is 12.3 Å². The number of rotatable bonds is 4. The monoisotopic (exact) mass is 246 g/mol. The Kier molecular flexibility index (Phi) is 4.53. The zero-order valence-corrected chi connectivity index (χ0v) is 11.2. The van der Waals surface area contributed by atoms with E-state index in [1.807, 2.05) is 0 Å². The maximum absolute atomic E-state index is 12.2. The number of Topliss-reactive ketones (excluding diaryl/α,β-unsaturated/α-hetero) is 1. The summed E-state index contributed by atoms with van der Waals surface area (Å²) in [6.45, 7) is 5.35. The highest BCUT2D eigenvalue weighted by Crippen LogP contribution is 2.30. The summed E-state index contributed by atoms with van der Waals surface area (Å²) >= 11 is 0. The van der Waals surface area contributed by atoms with Crippen molar-refractivity contribution in [3.05, 3.63) is 0 Å². The summed E-state index contributed by atoms with van der Waals surface area (Å²) in [6.07, 6.45) is 3.85. The van der Waals surface area contributed by atoms with Gasteiger partial charge in [0.2, 0.25) is 0 Å². The summed E-state index contributed by atoms with van der Waals surface area (Å²) in [5.41, 5.74) is 0. The van der Waals surface area contributed by atoms with Crippen LogP contribution >= 0.6 is 0 Å². The molecule has 3 unspecified atom stereocenters. The predicted octanol–water partition coefficient (Wildman–Crippen LogP) is 2.35. The summed E-state index contributed by atoms with van der Waals surface area (Å²) in [6, 6.07) is 0. The predicted molar refractivity (Wildman–Crippen MR) is 65.1 cm³/mol. The van der Waals surface area contributed by atoms with Crippen LogP contribution in [0.5, 0.6) is 0 Å².